The molecule has 0 unspecified atom stereocenters. The molecule has 1 aromatic carbocycles. The minimum atomic E-state index is -3.99. The van der Waals surface area contributed by atoms with Crippen LogP contribution in [0.25, 0.3) is 0 Å². The zero-order valence-corrected chi connectivity index (χ0v) is 14.9. The highest BCUT2D eigenvalue weighted by molar-refractivity contribution is 7.92. The summed E-state index contributed by atoms with van der Waals surface area (Å²) >= 11 is 0. The topological polar surface area (TPSA) is 81.8 Å². The Morgan fingerprint density at radius 2 is 1.78 bits per heavy atom. The van der Waals surface area contributed by atoms with Crippen molar-refractivity contribution in [3.63, 3.8) is 0 Å². The number of benzene rings is 1. The molecule has 0 radical (unpaired) electrons. The van der Waals surface area contributed by atoms with E-state index in [0.717, 1.165) is 10.9 Å². The SMILES string of the molecule is Cc1c(S(=O)(=O)Nc2ccn(Cc3c(F)c(F)cc(F)c3F)n2)cnn1C. The molecule has 0 amide bonds. The molecule has 2 heterocycles. The molecule has 0 atom stereocenters. The third-order valence-corrected chi connectivity index (χ3v) is 5.34. The van der Waals surface area contributed by atoms with E-state index in [1.54, 1.807) is 14.0 Å². The number of nitrogens with zero attached hydrogens (tertiary/aromatic N) is 4. The molecule has 12 heteroatoms. The van der Waals surface area contributed by atoms with Gasteiger partial charge in [-0.3, -0.25) is 14.1 Å². The molecule has 144 valence electrons. The number of aryl methyl sites for hydroxylation is 1. The molecule has 3 rings (SSSR count). The quantitative estimate of drug-likeness (QED) is 0.524. The number of aromatic nitrogens is 4. The van der Waals surface area contributed by atoms with Crippen molar-refractivity contribution in [3.8, 4) is 0 Å². The van der Waals surface area contributed by atoms with Gasteiger partial charge < -0.3 is 0 Å². The predicted octanol–water partition coefficient (Wildman–Crippen LogP) is 2.33. The highest BCUT2D eigenvalue weighted by atomic mass is 32.2. The van der Waals surface area contributed by atoms with E-state index in [9.17, 15) is 26.0 Å². The van der Waals surface area contributed by atoms with Crippen molar-refractivity contribution in [2.24, 2.45) is 7.05 Å². The smallest absolute Gasteiger partial charge is 0.266 e. The standard InChI is InChI=1S/C15H13F4N5O2S/c1-8-12(6-20-23(8)2)27(25,26)22-13-3-4-24(21-13)7-9-14(18)10(16)5-11(17)15(9)19/h3-6H,7H2,1-2H3,(H,21,22). The molecule has 0 fully saturated rings. The first kappa shape index (κ1) is 18.9. The summed E-state index contributed by atoms with van der Waals surface area (Å²) in [7, 11) is -2.42. The van der Waals surface area contributed by atoms with Gasteiger partial charge in [0, 0.05) is 25.4 Å². The van der Waals surface area contributed by atoms with Gasteiger partial charge >= 0.3 is 0 Å². The van der Waals surface area contributed by atoms with Crippen LogP contribution in [0.1, 0.15) is 11.3 Å². The number of sulfonamides is 1. The normalized spacial score (nSPS) is 11.8. The molecule has 0 saturated carbocycles. The molecule has 1 N–H and O–H groups in total. The first-order chi connectivity index (χ1) is 12.6. The molecule has 3 aromatic rings. The fraction of sp³-hybridized carbons (Fsp3) is 0.200. The second-order valence-corrected chi connectivity index (χ2v) is 7.32. The van der Waals surface area contributed by atoms with Gasteiger partial charge in [0.05, 0.1) is 24.0 Å². The van der Waals surface area contributed by atoms with Gasteiger partial charge in [-0.15, -0.1) is 0 Å². The first-order valence-electron chi connectivity index (χ1n) is 7.47. The second kappa shape index (κ2) is 6.68. The number of anilines is 1. The zero-order valence-electron chi connectivity index (χ0n) is 14.0. The monoisotopic (exact) mass is 403 g/mol. The van der Waals surface area contributed by atoms with Crippen LogP contribution < -0.4 is 4.72 Å². The largest absolute Gasteiger partial charge is 0.272 e. The fourth-order valence-corrected chi connectivity index (χ4v) is 3.56. The van der Waals surface area contributed by atoms with Gasteiger partial charge in [-0.05, 0) is 6.92 Å². The summed E-state index contributed by atoms with van der Waals surface area (Å²) in [6.45, 7) is 0.921. The third-order valence-electron chi connectivity index (χ3n) is 3.88. The van der Waals surface area contributed by atoms with Gasteiger partial charge in [-0.25, -0.2) is 26.0 Å². The van der Waals surface area contributed by atoms with E-state index in [1.807, 2.05) is 0 Å². The van der Waals surface area contributed by atoms with E-state index < -0.39 is 45.4 Å². The van der Waals surface area contributed by atoms with Gasteiger partial charge in [0.1, 0.15) is 4.90 Å². The van der Waals surface area contributed by atoms with Gasteiger partial charge in [0.15, 0.2) is 29.1 Å². The summed E-state index contributed by atoms with van der Waals surface area (Å²) in [5.41, 5.74) is -0.477. The molecule has 0 aliphatic carbocycles. The van der Waals surface area contributed by atoms with Crippen LogP contribution in [0.5, 0.6) is 0 Å². The lowest BCUT2D eigenvalue weighted by atomic mass is 10.2. The van der Waals surface area contributed by atoms with Crippen LogP contribution in [0.4, 0.5) is 23.4 Å². The lowest BCUT2D eigenvalue weighted by molar-refractivity contribution is 0.431. The number of halogens is 4. The summed E-state index contributed by atoms with van der Waals surface area (Å²) in [5.74, 6) is -6.31. The summed E-state index contributed by atoms with van der Waals surface area (Å²) in [6.07, 6.45) is 2.37. The van der Waals surface area contributed by atoms with E-state index >= 15 is 0 Å². The Labute approximate surface area is 151 Å². The summed E-state index contributed by atoms with van der Waals surface area (Å²) in [5, 5.41) is 7.65. The minimum absolute atomic E-state index is 0.0659. The lowest BCUT2D eigenvalue weighted by Gasteiger charge is -2.07. The third kappa shape index (κ3) is 3.52. The Morgan fingerprint density at radius 3 is 2.33 bits per heavy atom. The number of nitrogens with one attached hydrogen (secondary N) is 1. The highest BCUT2D eigenvalue weighted by Crippen LogP contribution is 2.21. The van der Waals surface area contributed by atoms with Crippen molar-refractivity contribution >= 4 is 15.8 Å². The van der Waals surface area contributed by atoms with Crippen molar-refractivity contribution in [1.82, 2.24) is 19.6 Å². The lowest BCUT2D eigenvalue weighted by Crippen LogP contribution is -2.15. The first-order valence-corrected chi connectivity index (χ1v) is 8.95. The number of hydrogen-bond donors (Lipinski definition) is 1. The van der Waals surface area contributed by atoms with E-state index in [4.69, 9.17) is 0 Å². The van der Waals surface area contributed by atoms with Crippen molar-refractivity contribution in [2.75, 3.05) is 4.72 Å². The van der Waals surface area contributed by atoms with Crippen LogP contribution in [-0.2, 0) is 23.6 Å². The second-order valence-electron chi connectivity index (χ2n) is 5.67. The Kier molecular flexibility index (Phi) is 4.68. The van der Waals surface area contributed by atoms with E-state index in [2.05, 4.69) is 14.9 Å². The maximum atomic E-state index is 13.7. The van der Waals surface area contributed by atoms with Crippen LogP contribution in [0.2, 0.25) is 0 Å². The summed E-state index contributed by atoms with van der Waals surface area (Å²) < 4.78 is 83.2. The Morgan fingerprint density at radius 1 is 1.15 bits per heavy atom. The van der Waals surface area contributed by atoms with Crippen LogP contribution in [0, 0.1) is 30.2 Å². The van der Waals surface area contributed by atoms with Crippen molar-refractivity contribution in [2.45, 2.75) is 18.4 Å². The maximum absolute atomic E-state index is 13.7. The summed E-state index contributed by atoms with van der Waals surface area (Å²) in [4.78, 5) is -0.0659. The van der Waals surface area contributed by atoms with Crippen molar-refractivity contribution < 1.29 is 26.0 Å². The van der Waals surface area contributed by atoms with Gasteiger partial charge in [0.25, 0.3) is 10.0 Å². The Balaban J connectivity index is 1.85. The van der Waals surface area contributed by atoms with Gasteiger partial charge in [-0.1, -0.05) is 0 Å². The van der Waals surface area contributed by atoms with E-state index in [1.165, 1.54) is 16.9 Å². The number of hydrogen-bond acceptors (Lipinski definition) is 4. The molecule has 0 bridgehead atoms. The van der Waals surface area contributed by atoms with Crippen molar-refractivity contribution in [1.29, 1.82) is 0 Å². The molecule has 0 spiro atoms. The molecule has 0 aliphatic rings. The zero-order chi connectivity index (χ0) is 19.9. The highest BCUT2D eigenvalue weighted by Gasteiger charge is 2.22. The minimum Gasteiger partial charge on any atom is -0.272 e. The molecule has 27 heavy (non-hydrogen) atoms. The van der Waals surface area contributed by atoms with Crippen LogP contribution in [0.3, 0.4) is 0 Å². The van der Waals surface area contributed by atoms with Crippen LogP contribution >= 0.6 is 0 Å². The average Bonchev–Trinajstić information content (AvgIpc) is 3.16. The Hall–Kier alpha value is -2.89. The van der Waals surface area contributed by atoms with Crippen LogP contribution in [0.15, 0.2) is 29.4 Å². The van der Waals surface area contributed by atoms with Crippen molar-refractivity contribution in [3.05, 3.63) is 59.1 Å². The molecular weight excluding hydrogens is 390 g/mol. The van der Waals surface area contributed by atoms with Gasteiger partial charge in [-0.2, -0.15) is 10.2 Å². The van der Waals surface area contributed by atoms with Gasteiger partial charge in [0.2, 0.25) is 0 Å². The molecule has 0 aliphatic heterocycles. The van der Waals surface area contributed by atoms with E-state index in [-0.39, 0.29) is 16.8 Å². The predicted molar refractivity (Wildman–Crippen MR) is 86.4 cm³/mol. The van der Waals surface area contributed by atoms with Crippen LogP contribution in [-0.4, -0.2) is 28.0 Å². The molecule has 7 nitrogen and oxygen atoms in total. The maximum Gasteiger partial charge on any atom is 0.266 e. The molecular formula is C15H13F4N5O2S. The number of rotatable bonds is 5. The Bertz CT molecular complexity index is 1100. The fourth-order valence-electron chi connectivity index (χ4n) is 2.36. The summed E-state index contributed by atoms with van der Waals surface area (Å²) in [6, 6.07) is 1.34. The average molecular weight is 403 g/mol. The van der Waals surface area contributed by atoms with E-state index in [0.29, 0.717) is 5.69 Å². The molecule has 0 saturated heterocycles. The molecule has 2 aromatic heterocycles.